The van der Waals surface area contributed by atoms with Gasteiger partial charge in [0.2, 0.25) is 0 Å². The summed E-state index contributed by atoms with van der Waals surface area (Å²) in [5.74, 6) is 0. The molecule has 0 aromatic carbocycles. The summed E-state index contributed by atoms with van der Waals surface area (Å²) in [6.07, 6.45) is 6.13. The van der Waals surface area contributed by atoms with Crippen LogP contribution in [-0.4, -0.2) is 64.4 Å². The zero-order valence-electron chi connectivity index (χ0n) is 12.7. The second-order valence-corrected chi connectivity index (χ2v) is 5.95. The number of urea groups is 1. The van der Waals surface area contributed by atoms with E-state index >= 15 is 0 Å². The number of hydrogen-bond acceptors (Lipinski definition) is 4. The fourth-order valence-electron chi connectivity index (χ4n) is 3.26. The minimum absolute atomic E-state index is 0.101. The molecule has 7 heteroatoms. The van der Waals surface area contributed by atoms with E-state index in [9.17, 15) is 4.79 Å². The maximum absolute atomic E-state index is 12.6. The molecule has 1 aromatic heterocycles. The molecule has 0 aliphatic carbocycles. The third-order valence-corrected chi connectivity index (χ3v) is 4.50. The van der Waals surface area contributed by atoms with Gasteiger partial charge in [0.15, 0.2) is 0 Å². The number of piperazine rings is 1. The summed E-state index contributed by atoms with van der Waals surface area (Å²) in [4.78, 5) is 16.4. The maximum atomic E-state index is 12.6. The van der Waals surface area contributed by atoms with Crippen LogP contribution >= 0.6 is 0 Å². The number of hydrogen-bond donors (Lipinski definition) is 1. The lowest BCUT2D eigenvalue weighted by molar-refractivity contribution is 0.119. The molecule has 118 valence electrons. The molecule has 0 bridgehead atoms. The number of amides is 2. The van der Waals surface area contributed by atoms with Crippen molar-refractivity contribution < 1.29 is 4.79 Å². The highest BCUT2D eigenvalue weighted by Gasteiger charge is 2.29. The van der Waals surface area contributed by atoms with Crippen molar-refractivity contribution in [3.05, 3.63) is 18.5 Å². The number of likely N-dealkylation sites (tertiary alicyclic amines) is 1. The van der Waals surface area contributed by atoms with Crippen molar-refractivity contribution in [1.82, 2.24) is 24.9 Å². The summed E-state index contributed by atoms with van der Waals surface area (Å²) in [6, 6.07) is 4.72. The first-order valence-corrected chi connectivity index (χ1v) is 7.91. The molecule has 0 saturated carbocycles. The Morgan fingerprint density at radius 2 is 2.14 bits per heavy atom. The van der Waals surface area contributed by atoms with Crippen molar-refractivity contribution in [3.8, 4) is 6.07 Å². The van der Waals surface area contributed by atoms with Gasteiger partial charge in [-0.2, -0.15) is 10.4 Å². The second kappa shape index (κ2) is 6.79. The number of carbonyl (C=O) groups excluding carboxylic acids is 1. The van der Waals surface area contributed by atoms with Crippen molar-refractivity contribution in [2.24, 2.45) is 0 Å². The van der Waals surface area contributed by atoms with E-state index < -0.39 is 0 Å². The van der Waals surface area contributed by atoms with Gasteiger partial charge in [0.1, 0.15) is 0 Å². The van der Waals surface area contributed by atoms with Crippen LogP contribution in [0.3, 0.4) is 0 Å². The Balaban J connectivity index is 1.52. The van der Waals surface area contributed by atoms with Gasteiger partial charge in [-0.3, -0.25) is 4.68 Å². The first-order chi connectivity index (χ1) is 10.8. The number of piperidine rings is 1. The molecule has 0 radical (unpaired) electrons. The van der Waals surface area contributed by atoms with Gasteiger partial charge in [-0.25, -0.2) is 4.79 Å². The lowest BCUT2D eigenvalue weighted by atomic mass is 10.1. The largest absolute Gasteiger partial charge is 0.324 e. The van der Waals surface area contributed by atoms with Crippen LogP contribution in [0.5, 0.6) is 0 Å². The minimum Gasteiger partial charge on any atom is -0.324 e. The summed E-state index contributed by atoms with van der Waals surface area (Å²) in [6.45, 7) is 3.67. The topological polar surface area (TPSA) is 77.2 Å². The molecule has 3 rings (SSSR count). The molecule has 2 amide bonds. The third kappa shape index (κ3) is 3.22. The molecule has 2 aliphatic heterocycles. The van der Waals surface area contributed by atoms with Crippen LogP contribution in [0.2, 0.25) is 0 Å². The van der Waals surface area contributed by atoms with Crippen LogP contribution in [0.4, 0.5) is 4.79 Å². The van der Waals surface area contributed by atoms with E-state index in [-0.39, 0.29) is 12.1 Å². The highest BCUT2D eigenvalue weighted by atomic mass is 16.2. The highest BCUT2D eigenvalue weighted by Crippen LogP contribution is 2.22. The Labute approximate surface area is 130 Å². The lowest BCUT2D eigenvalue weighted by Gasteiger charge is -2.39. The summed E-state index contributed by atoms with van der Waals surface area (Å²) in [7, 11) is 0. The first kappa shape index (κ1) is 14.9. The molecule has 1 N–H and O–H groups in total. The number of nitrogens with zero attached hydrogens (tertiary/aromatic N) is 5. The Hall–Kier alpha value is -2.07. The Bertz CT molecular complexity index is 529. The van der Waals surface area contributed by atoms with E-state index in [2.05, 4.69) is 16.5 Å². The summed E-state index contributed by atoms with van der Waals surface area (Å²) in [5, 5.41) is 16.4. The molecule has 2 aliphatic rings. The Morgan fingerprint density at radius 1 is 1.32 bits per heavy atom. The number of aromatic nitrogens is 2. The van der Waals surface area contributed by atoms with Gasteiger partial charge in [0, 0.05) is 51.2 Å². The van der Waals surface area contributed by atoms with Crippen molar-refractivity contribution in [2.75, 3.05) is 32.7 Å². The smallest absolute Gasteiger partial charge is 0.320 e. The average molecular weight is 302 g/mol. The van der Waals surface area contributed by atoms with E-state index in [1.54, 1.807) is 6.20 Å². The van der Waals surface area contributed by atoms with Crippen molar-refractivity contribution in [3.63, 3.8) is 0 Å². The van der Waals surface area contributed by atoms with Gasteiger partial charge in [-0.05, 0) is 18.9 Å². The van der Waals surface area contributed by atoms with Gasteiger partial charge in [-0.15, -0.1) is 0 Å². The first-order valence-electron chi connectivity index (χ1n) is 7.91. The number of rotatable bonds is 2. The van der Waals surface area contributed by atoms with E-state index in [1.165, 1.54) is 0 Å². The van der Waals surface area contributed by atoms with Crippen LogP contribution in [0.1, 0.15) is 25.3 Å². The van der Waals surface area contributed by atoms with Crippen LogP contribution in [0.25, 0.3) is 0 Å². The lowest BCUT2D eigenvalue weighted by Crippen LogP contribution is -2.56. The van der Waals surface area contributed by atoms with Gasteiger partial charge < -0.3 is 15.1 Å². The average Bonchev–Trinajstić information content (AvgIpc) is 3.09. The molecule has 3 heterocycles. The van der Waals surface area contributed by atoms with Gasteiger partial charge in [0.05, 0.1) is 18.5 Å². The summed E-state index contributed by atoms with van der Waals surface area (Å²) < 4.78 is 2.00. The molecule has 2 fully saturated rings. The van der Waals surface area contributed by atoms with Crippen molar-refractivity contribution in [2.45, 2.75) is 31.3 Å². The number of nitrogens with one attached hydrogen (secondary N) is 1. The van der Waals surface area contributed by atoms with Gasteiger partial charge >= 0.3 is 6.03 Å². The quantitative estimate of drug-likeness (QED) is 0.878. The van der Waals surface area contributed by atoms with E-state index in [0.717, 1.165) is 39.0 Å². The fraction of sp³-hybridized carbons (Fsp3) is 0.667. The zero-order valence-corrected chi connectivity index (χ0v) is 12.7. The van der Waals surface area contributed by atoms with Crippen molar-refractivity contribution in [1.29, 1.82) is 5.26 Å². The monoisotopic (exact) mass is 302 g/mol. The molecule has 1 unspecified atom stereocenters. The number of carbonyl (C=O) groups is 1. The fourth-order valence-corrected chi connectivity index (χ4v) is 3.26. The molecule has 0 spiro atoms. The van der Waals surface area contributed by atoms with Gasteiger partial charge in [-0.1, -0.05) is 0 Å². The van der Waals surface area contributed by atoms with Crippen LogP contribution in [0, 0.1) is 11.3 Å². The highest BCUT2D eigenvalue weighted by molar-refractivity contribution is 5.74. The number of nitriles is 1. The predicted octanol–water partition coefficient (Wildman–Crippen LogP) is 0.827. The standard InChI is InChI=1S/C15H22N6O/c16-5-2-13-12-20(11-7-17-13)15(22)19-9-3-14(4-10-19)21-8-1-6-18-21/h1,6,8,13-14,17H,2-4,7,9-12H2. The zero-order chi connectivity index (χ0) is 15.4. The summed E-state index contributed by atoms with van der Waals surface area (Å²) >= 11 is 0. The molecular weight excluding hydrogens is 280 g/mol. The Kier molecular flexibility index (Phi) is 4.59. The molecule has 1 aromatic rings. The summed E-state index contributed by atoms with van der Waals surface area (Å²) in [5.41, 5.74) is 0. The maximum Gasteiger partial charge on any atom is 0.320 e. The van der Waals surface area contributed by atoms with Gasteiger partial charge in [0.25, 0.3) is 0 Å². The molecule has 7 nitrogen and oxygen atoms in total. The normalized spacial score (nSPS) is 23.3. The second-order valence-electron chi connectivity index (χ2n) is 5.95. The SMILES string of the molecule is N#CCC1CN(C(=O)N2CCC(n3cccn3)CC2)CCN1. The minimum atomic E-state index is 0.101. The third-order valence-electron chi connectivity index (χ3n) is 4.50. The molecule has 1 atom stereocenters. The molecular formula is C15H22N6O. The van der Waals surface area contributed by atoms with E-state index in [1.807, 2.05) is 26.7 Å². The molecule has 22 heavy (non-hydrogen) atoms. The molecule has 2 saturated heterocycles. The Morgan fingerprint density at radius 3 is 2.82 bits per heavy atom. The van der Waals surface area contributed by atoms with E-state index in [0.29, 0.717) is 19.0 Å². The van der Waals surface area contributed by atoms with Crippen molar-refractivity contribution >= 4 is 6.03 Å². The van der Waals surface area contributed by atoms with Crippen LogP contribution in [-0.2, 0) is 0 Å². The predicted molar refractivity (Wildman–Crippen MR) is 81.1 cm³/mol. The van der Waals surface area contributed by atoms with E-state index in [4.69, 9.17) is 5.26 Å². The van der Waals surface area contributed by atoms with Crippen LogP contribution in [0.15, 0.2) is 18.5 Å². The van der Waals surface area contributed by atoms with Crippen LogP contribution < -0.4 is 5.32 Å².